The summed E-state index contributed by atoms with van der Waals surface area (Å²) in [7, 11) is 2.07. The van der Waals surface area contributed by atoms with Crippen molar-refractivity contribution in [3.05, 3.63) is 12.3 Å². The first-order valence-corrected chi connectivity index (χ1v) is 7.52. The molecule has 0 unspecified atom stereocenters. The minimum absolute atomic E-state index is 0.132. The summed E-state index contributed by atoms with van der Waals surface area (Å²) in [5, 5.41) is 9.42. The number of hydrogen-bond acceptors (Lipinski definition) is 5. The van der Waals surface area contributed by atoms with Crippen LogP contribution in [-0.2, 0) is 0 Å². The predicted molar refractivity (Wildman–Crippen MR) is 71.7 cm³/mol. The van der Waals surface area contributed by atoms with E-state index in [1.165, 1.54) is 19.2 Å². The zero-order chi connectivity index (χ0) is 12.4. The molecule has 0 aliphatic rings. The van der Waals surface area contributed by atoms with Gasteiger partial charge in [-0.15, -0.1) is 0 Å². The Morgan fingerprint density at radius 1 is 1.31 bits per heavy atom. The van der Waals surface area contributed by atoms with E-state index in [9.17, 15) is 0 Å². The Bertz CT molecular complexity index is 372. The normalized spacial score (nSPS) is 12.8. The van der Waals surface area contributed by atoms with E-state index in [1.54, 1.807) is 0 Å². The van der Waals surface area contributed by atoms with E-state index in [2.05, 4.69) is 9.97 Å². The molecule has 0 atom stereocenters. The Labute approximate surface area is 121 Å². The molecule has 0 bridgehead atoms. The lowest BCUT2D eigenvalue weighted by Gasteiger charge is -2.27. The van der Waals surface area contributed by atoms with E-state index >= 15 is 0 Å². The molecule has 1 rings (SSSR count). The van der Waals surface area contributed by atoms with Crippen LogP contribution in [0.25, 0.3) is 0 Å². The first-order valence-electron chi connectivity index (χ1n) is 3.86. The van der Waals surface area contributed by atoms with Gasteiger partial charge in [-0.3, -0.25) is 0 Å². The van der Waals surface area contributed by atoms with E-state index in [0.717, 1.165) is 21.6 Å². The van der Waals surface area contributed by atoms with E-state index in [1.807, 2.05) is 0 Å². The van der Waals surface area contributed by atoms with Gasteiger partial charge >= 0.3 is 0 Å². The highest BCUT2D eigenvalue weighted by atomic mass is 35.5. The van der Waals surface area contributed by atoms with Gasteiger partial charge < -0.3 is 5.11 Å². The summed E-state index contributed by atoms with van der Waals surface area (Å²) in [6, 6.07) is 1.36. The van der Waals surface area contributed by atoms with Crippen LogP contribution >= 0.6 is 68.0 Å². The summed E-state index contributed by atoms with van der Waals surface area (Å²) in [6.45, 7) is 1.48. The summed E-state index contributed by atoms with van der Waals surface area (Å²) in [5.41, 5.74) is 0. The molecule has 90 valence electrons. The average molecular weight is 340 g/mol. The number of aromatic hydroxyl groups is 1. The minimum Gasteiger partial charge on any atom is -0.493 e. The van der Waals surface area contributed by atoms with Gasteiger partial charge in [0, 0.05) is 12.3 Å². The molecule has 3 nitrogen and oxygen atoms in total. The van der Waals surface area contributed by atoms with E-state index in [4.69, 9.17) is 51.5 Å². The van der Waals surface area contributed by atoms with Gasteiger partial charge in [-0.2, -0.15) is 4.98 Å². The monoisotopic (exact) mass is 338 g/mol. The van der Waals surface area contributed by atoms with Crippen LogP contribution in [0.1, 0.15) is 6.92 Å². The van der Waals surface area contributed by atoms with Crippen LogP contribution in [0.3, 0.4) is 0 Å². The van der Waals surface area contributed by atoms with Crippen LogP contribution in [0, 0.1) is 0 Å². The lowest BCUT2D eigenvalue weighted by Crippen LogP contribution is -2.28. The van der Waals surface area contributed by atoms with Crippen LogP contribution in [0.4, 0.5) is 0 Å². The van der Waals surface area contributed by atoms with Crippen LogP contribution in [0.15, 0.2) is 17.4 Å². The molecule has 16 heavy (non-hydrogen) atoms. The molecule has 1 aromatic heterocycles. The maximum absolute atomic E-state index is 9.11. The number of hydrogen-bond donors (Lipinski definition) is 1. The second kappa shape index (κ2) is 5.59. The predicted octanol–water partition coefficient (Wildman–Crippen LogP) is 4.25. The molecule has 0 spiro atoms. The van der Waals surface area contributed by atoms with Crippen molar-refractivity contribution in [2.75, 3.05) is 0 Å². The highest BCUT2D eigenvalue weighted by molar-refractivity contribution is 8.77. The number of rotatable bonds is 4. The Morgan fingerprint density at radius 2 is 1.94 bits per heavy atom. The SMILES string of the molecule is CC(Cl)(Cl)C(Cl)(Cl)SSc1nccc(O)n1. The van der Waals surface area contributed by atoms with Crippen molar-refractivity contribution in [2.24, 2.45) is 0 Å². The second-order valence-electron chi connectivity index (χ2n) is 2.77. The zero-order valence-electron chi connectivity index (χ0n) is 7.82. The van der Waals surface area contributed by atoms with Crippen molar-refractivity contribution in [1.82, 2.24) is 9.97 Å². The fraction of sp³-hybridized carbons (Fsp3) is 0.429. The van der Waals surface area contributed by atoms with Crippen LogP contribution < -0.4 is 0 Å². The van der Waals surface area contributed by atoms with Gasteiger partial charge in [-0.05, 0) is 28.5 Å². The highest BCUT2D eigenvalue weighted by Gasteiger charge is 2.44. The molecule has 1 heterocycles. The molecule has 0 aliphatic heterocycles. The quantitative estimate of drug-likeness (QED) is 0.504. The average Bonchev–Trinajstić information content (AvgIpc) is 2.13. The molecule has 9 heteroatoms. The third-order valence-electron chi connectivity index (χ3n) is 1.35. The van der Waals surface area contributed by atoms with Crippen molar-refractivity contribution < 1.29 is 5.11 Å². The van der Waals surface area contributed by atoms with E-state index in [-0.39, 0.29) is 5.88 Å². The zero-order valence-corrected chi connectivity index (χ0v) is 12.5. The van der Waals surface area contributed by atoms with Crippen LogP contribution in [0.2, 0.25) is 0 Å². The molecule has 1 N–H and O–H groups in total. The highest BCUT2D eigenvalue weighted by Crippen LogP contribution is 2.55. The molecular weight excluding hydrogens is 334 g/mol. The summed E-state index contributed by atoms with van der Waals surface area (Å²) in [6.07, 6.45) is 1.41. The Morgan fingerprint density at radius 3 is 2.44 bits per heavy atom. The van der Waals surface area contributed by atoms with E-state index < -0.39 is 8.00 Å². The Kier molecular flexibility index (Phi) is 5.17. The van der Waals surface area contributed by atoms with Gasteiger partial charge in [0.05, 0.1) is 0 Å². The first-order chi connectivity index (χ1) is 7.22. The summed E-state index contributed by atoms with van der Waals surface area (Å²) < 4.78 is -2.75. The topological polar surface area (TPSA) is 46.0 Å². The third kappa shape index (κ3) is 4.20. The molecule has 0 aliphatic carbocycles. The van der Waals surface area contributed by atoms with Crippen LogP contribution in [-0.4, -0.2) is 23.1 Å². The summed E-state index contributed by atoms with van der Waals surface area (Å²) >= 11 is 23.5. The lowest BCUT2D eigenvalue weighted by atomic mass is 10.5. The summed E-state index contributed by atoms with van der Waals surface area (Å²) in [5.74, 6) is -0.132. The standard InChI is InChI=1S/C7H6Cl4N2OS2/c1-6(8,9)7(10,11)16-15-5-12-3-2-4(14)13-5/h2-3H,1H3,(H,12,13,14). The number of halogens is 4. The maximum atomic E-state index is 9.11. The summed E-state index contributed by atoms with van der Waals surface area (Å²) in [4.78, 5) is 7.63. The Balaban J connectivity index is 2.65. The smallest absolute Gasteiger partial charge is 0.214 e. The van der Waals surface area contributed by atoms with Crippen molar-refractivity contribution >= 4 is 68.0 Å². The molecule has 0 aromatic carbocycles. The van der Waals surface area contributed by atoms with Gasteiger partial charge in [0.2, 0.25) is 14.7 Å². The molecule has 0 radical (unpaired) electrons. The number of nitrogens with zero attached hydrogens (tertiary/aromatic N) is 2. The van der Waals surface area contributed by atoms with Gasteiger partial charge in [0.15, 0.2) is 4.33 Å². The van der Waals surface area contributed by atoms with Gasteiger partial charge in [-0.1, -0.05) is 46.4 Å². The largest absolute Gasteiger partial charge is 0.493 e. The maximum Gasteiger partial charge on any atom is 0.214 e. The third-order valence-corrected chi connectivity index (χ3v) is 6.79. The molecule has 0 saturated heterocycles. The Hall–Kier alpha value is 0.740. The first kappa shape index (κ1) is 14.8. The molecule has 0 amide bonds. The van der Waals surface area contributed by atoms with Crippen LogP contribution in [0.5, 0.6) is 5.88 Å². The number of aromatic nitrogens is 2. The minimum atomic E-state index is -1.42. The fourth-order valence-electron chi connectivity index (χ4n) is 0.535. The van der Waals surface area contributed by atoms with Gasteiger partial charge in [0.1, 0.15) is 0 Å². The fourth-order valence-corrected chi connectivity index (χ4v) is 3.45. The molecule has 0 saturated carbocycles. The van der Waals surface area contributed by atoms with E-state index in [0.29, 0.717) is 5.16 Å². The van der Waals surface area contributed by atoms with Crippen molar-refractivity contribution in [3.63, 3.8) is 0 Å². The molecule has 0 fully saturated rings. The number of alkyl halides is 4. The molecular formula is C7H6Cl4N2OS2. The van der Waals surface area contributed by atoms with Crippen molar-refractivity contribution in [1.29, 1.82) is 0 Å². The molecule has 1 aromatic rings. The van der Waals surface area contributed by atoms with Gasteiger partial charge in [-0.25, -0.2) is 4.98 Å². The van der Waals surface area contributed by atoms with Crippen molar-refractivity contribution in [3.8, 4) is 5.88 Å². The van der Waals surface area contributed by atoms with Crippen molar-refractivity contribution in [2.45, 2.75) is 20.1 Å². The van der Waals surface area contributed by atoms with Gasteiger partial charge in [0.25, 0.3) is 0 Å². The lowest BCUT2D eigenvalue weighted by molar-refractivity contribution is 0.445. The second-order valence-corrected chi connectivity index (χ2v) is 8.56.